The highest BCUT2D eigenvalue weighted by Crippen LogP contribution is 2.13. The lowest BCUT2D eigenvalue weighted by molar-refractivity contribution is -0.0167. The quantitative estimate of drug-likeness (QED) is 0.894. The Hall–Kier alpha value is -2.18. The smallest absolute Gasteiger partial charge is 0.315 e. The van der Waals surface area contributed by atoms with Crippen molar-refractivity contribution in [2.45, 2.75) is 12.6 Å². The van der Waals surface area contributed by atoms with E-state index in [0.717, 1.165) is 36.2 Å². The van der Waals surface area contributed by atoms with Gasteiger partial charge in [-0.3, -0.25) is 4.98 Å². The van der Waals surface area contributed by atoms with Gasteiger partial charge in [-0.1, -0.05) is 12.1 Å². The Morgan fingerprint density at radius 2 is 2.30 bits per heavy atom. The van der Waals surface area contributed by atoms with Crippen molar-refractivity contribution in [3.05, 3.63) is 42.1 Å². The lowest BCUT2D eigenvalue weighted by Gasteiger charge is -2.30. The molecular formula is C17H22N4O2. The molecular weight excluding hydrogens is 292 g/mol. The Morgan fingerprint density at radius 3 is 3.17 bits per heavy atom. The number of amides is 2. The number of ether oxygens (including phenoxy) is 1. The number of fused-ring (bicyclic) bond motifs is 1. The molecule has 2 amide bonds. The van der Waals surface area contributed by atoms with E-state index < -0.39 is 0 Å². The van der Waals surface area contributed by atoms with Crippen LogP contribution in [0.4, 0.5) is 4.79 Å². The summed E-state index contributed by atoms with van der Waals surface area (Å²) in [6, 6.07) is 9.75. The first kappa shape index (κ1) is 15.7. The molecule has 1 fully saturated rings. The average Bonchev–Trinajstić information content (AvgIpc) is 2.58. The van der Waals surface area contributed by atoms with E-state index >= 15 is 0 Å². The van der Waals surface area contributed by atoms with Crippen LogP contribution in [-0.2, 0) is 11.3 Å². The van der Waals surface area contributed by atoms with Crippen LogP contribution >= 0.6 is 0 Å². The predicted molar refractivity (Wildman–Crippen MR) is 89.2 cm³/mol. The van der Waals surface area contributed by atoms with Crippen LogP contribution in [0.25, 0.3) is 10.9 Å². The van der Waals surface area contributed by atoms with E-state index in [-0.39, 0.29) is 12.1 Å². The van der Waals surface area contributed by atoms with Gasteiger partial charge < -0.3 is 20.3 Å². The number of carbonyl (C=O) groups excluding carboxylic acids is 1. The molecule has 0 aliphatic carbocycles. The standard InChI is InChI=1S/C17H22N4O2/c1-21-7-8-23-15(12-21)11-20-17(22)19-10-13-4-5-16-14(9-13)3-2-6-18-16/h2-6,9,15H,7-8,10-12H2,1H3,(H2,19,20,22)/t15-/m1/s1. The third-order valence-electron chi connectivity index (χ3n) is 3.95. The van der Waals surface area contributed by atoms with Gasteiger partial charge in [0, 0.05) is 37.8 Å². The fraction of sp³-hybridized carbons (Fsp3) is 0.412. The van der Waals surface area contributed by atoms with Gasteiger partial charge in [-0.25, -0.2) is 4.79 Å². The number of benzene rings is 1. The number of hydrogen-bond donors (Lipinski definition) is 2. The summed E-state index contributed by atoms with van der Waals surface area (Å²) in [4.78, 5) is 18.4. The molecule has 0 radical (unpaired) electrons. The Labute approximate surface area is 135 Å². The van der Waals surface area contributed by atoms with Gasteiger partial charge in [-0.2, -0.15) is 0 Å². The normalized spacial score (nSPS) is 18.7. The van der Waals surface area contributed by atoms with Gasteiger partial charge in [0.05, 0.1) is 18.2 Å². The number of aromatic nitrogens is 1. The van der Waals surface area contributed by atoms with Crippen molar-refractivity contribution in [1.82, 2.24) is 20.5 Å². The summed E-state index contributed by atoms with van der Waals surface area (Å²) in [5.41, 5.74) is 2.01. The van der Waals surface area contributed by atoms with E-state index in [9.17, 15) is 4.79 Å². The van der Waals surface area contributed by atoms with Gasteiger partial charge in [-0.05, 0) is 30.8 Å². The van der Waals surface area contributed by atoms with E-state index in [1.807, 2.05) is 30.3 Å². The maximum Gasteiger partial charge on any atom is 0.315 e. The molecule has 3 rings (SSSR count). The number of morpholine rings is 1. The molecule has 0 bridgehead atoms. The zero-order chi connectivity index (χ0) is 16.1. The minimum atomic E-state index is -0.173. The Kier molecular flexibility index (Phi) is 5.05. The van der Waals surface area contributed by atoms with Gasteiger partial charge in [0.2, 0.25) is 0 Å². The third kappa shape index (κ3) is 4.40. The number of urea groups is 1. The molecule has 6 heteroatoms. The summed E-state index contributed by atoms with van der Waals surface area (Å²) < 4.78 is 5.62. The second-order valence-electron chi connectivity index (χ2n) is 5.85. The molecule has 1 aromatic carbocycles. The molecule has 2 N–H and O–H groups in total. The molecule has 2 aromatic rings. The fourth-order valence-corrected chi connectivity index (χ4v) is 2.68. The molecule has 23 heavy (non-hydrogen) atoms. The van der Waals surface area contributed by atoms with Gasteiger partial charge in [0.1, 0.15) is 0 Å². The van der Waals surface area contributed by atoms with Crippen molar-refractivity contribution in [2.75, 3.05) is 33.3 Å². The highest BCUT2D eigenvalue weighted by molar-refractivity contribution is 5.79. The maximum atomic E-state index is 11.9. The summed E-state index contributed by atoms with van der Waals surface area (Å²) in [7, 11) is 2.06. The number of nitrogens with one attached hydrogen (secondary N) is 2. The van der Waals surface area contributed by atoms with E-state index in [4.69, 9.17) is 4.74 Å². The molecule has 1 saturated heterocycles. The topological polar surface area (TPSA) is 66.5 Å². The predicted octanol–water partition coefficient (Wildman–Crippen LogP) is 1.36. The summed E-state index contributed by atoms with van der Waals surface area (Å²) in [5, 5.41) is 6.82. The number of likely N-dealkylation sites (N-methyl/N-ethyl adjacent to an activating group) is 1. The monoisotopic (exact) mass is 314 g/mol. The summed E-state index contributed by atoms with van der Waals surface area (Å²) in [6.07, 6.45) is 1.84. The summed E-state index contributed by atoms with van der Waals surface area (Å²) in [6.45, 7) is 3.52. The Bertz CT molecular complexity index is 676. The molecule has 1 aliphatic rings. The van der Waals surface area contributed by atoms with Gasteiger partial charge in [0.15, 0.2) is 0 Å². The molecule has 0 spiro atoms. The number of hydrogen-bond acceptors (Lipinski definition) is 4. The molecule has 6 nitrogen and oxygen atoms in total. The highest BCUT2D eigenvalue weighted by Gasteiger charge is 2.17. The number of carbonyl (C=O) groups is 1. The van der Waals surface area contributed by atoms with Crippen LogP contribution in [-0.4, -0.2) is 55.3 Å². The van der Waals surface area contributed by atoms with E-state index in [1.165, 1.54) is 0 Å². The minimum Gasteiger partial charge on any atom is -0.374 e. The van der Waals surface area contributed by atoms with Crippen LogP contribution < -0.4 is 10.6 Å². The van der Waals surface area contributed by atoms with Crippen LogP contribution in [0.5, 0.6) is 0 Å². The van der Waals surface area contributed by atoms with Crippen LogP contribution in [0.3, 0.4) is 0 Å². The number of pyridine rings is 1. The maximum absolute atomic E-state index is 11.9. The van der Waals surface area contributed by atoms with Crippen molar-refractivity contribution in [1.29, 1.82) is 0 Å². The van der Waals surface area contributed by atoms with Crippen LogP contribution in [0.2, 0.25) is 0 Å². The largest absolute Gasteiger partial charge is 0.374 e. The van der Waals surface area contributed by atoms with E-state index in [2.05, 4.69) is 27.6 Å². The average molecular weight is 314 g/mol. The van der Waals surface area contributed by atoms with Crippen LogP contribution in [0.1, 0.15) is 5.56 Å². The number of nitrogens with zero attached hydrogens (tertiary/aromatic N) is 2. The van der Waals surface area contributed by atoms with Crippen molar-refractivity contribution >= 4 is 16.9 Å². The van der Waals surface area contributed by atoms with Gasteiger partial charge >= 0.3 is 6.03 Å². The highest BCUT2D eigenvalue weighted by atomic mass is 16.5. The van der Waals surface area contributed by atoms with Gasteiger partial charge in [0.25, 0.3) is 0 Å². The molecule has 1 atom stereocenters. The summed E-state index contributed by atoms with van der Waals surface area (Å²) >= 11 is 0. The van der Waals surface area contributed by atoms with Crippen molar-refractivity contribution in [3.63, 3.8) is 0 Å². The molecule has 2 heterocycles. The minimum absolute atomic E-state index is 0.0613. The lowest BCUT2D eigenvalue weighted by Crippen LogP contribution is -2.47. The lowest BCUT2D eigenvalue weighted by atomic mass is 10.1. The Balaban J connectivity index is 1.46. The third-order valence-corrected chi connectivity index (χ3v) is 3.95. The van der Waals surface area contributed by atoms with Crippen LogP contribution in [0, 0.1) is 0 Å². The first-order valence-corrected chi connectivity index (χ1v) is 7.86. The Morgan fingerprint density at radius 1 is 1.39 bits per heavy atom. The van der Waals surface area contributed by atoms with Crippen molar-refractivity contribution in [2.24, 2.45) is 0 Å². The molecule has 0 unspecified atom stereocenters. The van der Waals surface area contributed by atoms with Crippen LogP contribution in [0.15, 0.2) is 36.5 Å². The SMILES string of the molecule is CN1CCO[C@H](CNC(=O)NCc2ccc3ncccc3c2)C1. The second kappa shape index (κ2) is 7.39. The molecule has 1 aliphatic heterocycles. The first-order chi connectivity index (χ1) is 11.2. The molecule has 1 aromatic heterocycles. The zero-order valence-electron chi connectivity index (χ0n) is 13.3. The second-order valence-corrected chi connectivity index (χ2v) is 5.85. The molecule has 122 valence electrons. The summed E-state index contributed by atoms with van der Waals surface area (Å²) in [5.74, 6) is 0. The van der Waals surface area contributed by atoms with E-state index in [0.29, 0.717) is 13.1 Å². The van der Waals surface area contributed by atoms with E-state index in [1.54, 1.807) is 6.20 Å². The van der Waals surface area contributed by atoms with Crippen molar-refractivity contribution in [3.8, 4) is 0 Å². The fourth-order valence-electron chi connectivity index (χ4n) is 2.68. The van der Waals surface area contributed by atoms with Crippen molar-refractivity contribution < 1.29 is 9.53 Å². The molecule has 0 saturated carbocycles. The van der Waals surface area contributed by atoms with Gasteiger partial charge in [-0.15, -0.1) is 0 Å². The first-order valence-electron chi connectivity index (χ1n) is 7.86. The number of rotatable bonds is 4. The zero-order valence-corrected chi connectivity index (χ0v) is 13.3.